The Morgan fingerprint density at radius 2 is 1.44 bits per heavy atom. The van der Waals surface area contributed by atoms with Crippen molar-refractivity contribution in [2.75, 3.05) is 4.72 Å². The first-order chi connectivity index (χ1) is 13.2. The number of rotatable bonds is 5. The minimum atomic E-state index is -1.48. The lowest BCUT2D eigenvalue weighted by molar-refractivity contribution is 0.462. The number of anilines is 1. The first-order valence-electron chi connectivity index (χ1n) is 8.44. The molecule has 4 aromatic rings. The van der Waals surface area contributed by atoms with E-state index in [-0.39, 0.29) is 5.88 Å². The maximum absolute atomic E-state index is 12.7. The molecule has 134 valence electrons. The maximum atomic E-state index is 12.7. The van der Waals surface area contributed by atoms with E-state index in [2.05, 4.69) is 14.7 Å². The zero-order valence-electron chi connectivity index (χ0n) is 14.6. The van der Waals surface area contributed by atoms with Gasteiger partial charge in [0.2, 0.25) is 5.82 Å². The Bertz CT molecular complexity index is 1120. The Morgan fingerprint density at radius 1 is 0.815 bits per heavy atom. The standard InChI is InChI=1S/C21H17N3O2S/c1-15-9-5-8-14-19(15)26-21-20(22-17-12-6-7-13-18(17)23-21)24-27(25)16-10-3-2-4-11-16/h2-14H,1H3,(H,22,24). The molecule has 5 nitrogen and oxygen atoms in total. The highest BCUT2D eigenvalue weighted by atomic mass is 32.2. The molecule has 27 heavy (non-hydrogen) atoms. The quantitative estimate of drug-likeness (QED) is 0.541. The summed E-state index contributed by atoms with van der Waals surface area (Å²) in [5.74, 6) is 1.29. The average Bonchev–Trinajstić information content (AvgIpc) is 2.70. The van der Waals surface area contributed by atoms with Gasteiger partial charge in [-0.25, -0.2) is 14.2 Å². The van der Waals surface area contributed by atoms with Crippen LogP contribution in [0.3, 0.4) is 0 Å². The number of hydrogen-bond acceptors (Lipinski definition) is 4. The number of nitrogens with zero attached hydrogens (tertiary/aromatic N) is 2. The van der Waals surface area contributed by atoms with E-state index < -0.39 is 11.0 Å². The topological polar surface area (TPSA) is 64.1 Å². The minimum absolute atomic E-state index is 0.285. The molecule has 0 spiro atoms. The third-order valence-corrected chi connectivity index (χ3v) is 5.06. The van der Waals surface area contributed by atoms with Gasteiger partial charge in [-0.1, -0.05) is 48.5 Å². The van der Waals surface area contributed by atoms with Crippen molar-refractivity contribution in [3.63, 3.8) is 0 Å². The van der Waals surface area contributed by atoms with Crippen LogP contribution in [-0.4, -0.2) is 14.2 Å². The van der Waals surface area contributed by atoms with E-state index in [4.69, 9.17) is 4.74 Å². The number of benzene rings is 3. The third kappa shape index (κ3) is 3.80. The molecular weight excluding hydrogens is 358 g/mol. The fraction of sp³-hybridized carbons (Fsp3) is 0.0476. The average molecular weight is 375 g/mol. The monoisotopic (exact) mass is 375 g/mol. The summed E-state index contributed by atoms with van der Waals surface area (Å²) in [6, 6.07) is 24.3. The lowest BCUT2D eigenvalue weighted by atomic mass is 10.2. The summed E-state index contributed by atoms with van der Waals surface area (Å²) in [6.07, 6.45) is 0. The van der Waals surface area contributed by atoms with E-state index in [1.54, 1.807) is 12.1 Å². The van der Waals surface area contributed by atoms with E-state index in [0.29, 0.717) is 27.5 Å². The van der Waals surface area contributed by atoms with Crippen molar-refractivity contribution in [3.8, 4) is 11.6 Å². The number of para-hydroxylation sites is 3. The van der Waals surface area contributed by atoms with Crippen LogP contribution in [0.15, 0.2) is 83.8 Å². The van der Waals surface area contributed by atoms with E-state index in [1.807, 2.05) is 73.7 Å². The van der Waals surface area contributed by atoms with E-state index in [1.165, 1.54) is 0 Å². The highest BCUT2D eigenvalue weighted by molar-refractivity contribution is 7.86. The van der Waals surface area contributed by atoms with Gasteiger partial charge in [-0.2, -0.15) is 0 Å². The molecule has 6 heteroatoms. The molecule has 1 aromatic heterocycles. The van der Waals surface area contributed by atoms with Gasteiger partial charge in [0.15, 0.2) is 11.0 Å². The van der Waals surface area contributed by atoms with Crippen molar-refractivity contribution < 1.29 is 8.95 Å². The summed E-state index contributed by atoms with van der Waals surface area (Å²) in [6.45, 7) is 1.96. The number of fused-ring (bicyclic) bond motifs is 1. The van der Waals surface area contributed by atoms with Crippen LogP contribution in [0.25, 0.3) is 11.0 Å². The molecule has 1 N–H and O–H groups in total. The van der Waals surface area contributed by atoms with Crippen molar-refractivity contribution in [1.82, 2.24) is 9.97 Å². The predicted molar refractivity (Wildman–Crippen MR) is 107 cm³/mol. The molecule has 1 heterocycles. The van der Waals surface area contributed by atoms with Crippen LogP contribution in [0.1, 0.15) is 5.56 Å². The molecule has 0 aliphatic carbocycles. The van der Waals surface area contributed by atoms with Crippen molar-refractivity contribution in [2.45, 2.75) is 11.8 Å². The second-order valence-corrected chi connectivity index (χ2v) is 7.13. The smallest absolute Gasteiger partial charge is 0.264 e. The third-order valence-electron chi connectivity index (χ3n) is 3.99. The van der Waals surface area contributed by atoms with Crippen LogP contribution in [-0.2, 0) is 11.0 Å². The molecule has 0 radical (unpaired) electrons. The Labute approximate surface area is 159 Å². The zero-order chi connectivity index (χ0) is 18.6. The zero-order valence-corrected chi connectivity index (χ0v) is 15.4. The second kappa shape index (κ2) is 7.55. The van der Waals surface area contributed by atoms with Crippen molar-refractivity contribution in [3.05, 3.63) is 84.4 Å². The van der Waals surface area contributed by atoms with Gasteiger partial charge in [0, 0.05) is 0 Å². The highest BCUT2D eigenvalue weighted by Crippen LogP contribution is 2.30. The van der Waals surface area contributed by atoms with E-state index in [0.717, 1.165) is 5.56 Å². The van der Waals surface area contributed by atoms with Gasteiger partial charge < -0.3 is 4.74 Å². The maximum Gasteiger partial charge on any atom is 0.264 e. The van der Waals surface area contributed by atoms with Gasteiger partial charge in [0.1, 0.15) is 5.75 Å². The number of ether oxygens (including phenoxy) is 1. The number of hydrogen-bond donors (Lipinski definition) is 1. The normalized spacial score (nSPS) is 11.9. The molecule has 0 aliphatic heterocycles. The first-order valence-corrected chi connectivity index (χ1v) is 9.59. The Morgan fingerprint density at radius 3 is 2.19 bits per heavy atom. The van der Waals surface area contributed by atoms with Crippen LogP contribution in [0.4, 0.5) is 5.82 Å². The van der Waals surface area contributed by atoms with Crippen LogP contribution >= 0.6 is 0 Å². The molecule has 3 aromatic carbocycles. The Hall–Kier alpha value is -3.25. The van der Waals surface area contributed by atoms with Crippen LogP contribution in [0, 0.1) is 6.92 Å². The molecule has 4 rings (SSSR count). The van der Waals surface area contributed by atoms with Crippen LogP contribution < -0.4 is 9.46 Å². The summed E-state index contributed by atoms with van der Waals surface area (Å²) in [7, 11) is -1.48. The molecule has 0 saturated carbocycles. The molecular formula is C21H17N3O2S. The van der Waals surface area contributed by atoms with Crippen molar-refractivity contribution in [1.29, 1.82) is 0 Å². The SMILES string of the molecule is Cc1ccccc1Oc1nc2ccccc2nc1NS(=O)c1ccccc1. The van der Waals surface area contributed by atoms with Gasteiger partial charge in [-0.15, -0.1) is 0 Å². The summed E-state index contributed by atoms with van der Waals surface area (Å²) < 4.78 is 21.6. The summed E-state index contributed by atoms with van der Waals surface area (Å²) in [5.41, 5.74) is 2.38. The van der Waals surface area contributed by atoms with Crippen molar-refractivity contribution >= 4 is 27.8 Å². The largest absolute Gasteiger partial charge is 0.436 e. The predicted octanol–water partition coefficient (Wildman–Crippen LogP) is 4.87. The van der Waals surface area contributed by atoms with Crippen LogP contribution in [0.2, 0.25) is 0 Å². The molecule has 0 bridgehead atoms. The minimum Gasteiger partial charge on any atom is -0.436 e. The Balaban J connectivity index is 1.75. The highest BCUT2D eigenvalue weighted by Gasteiger charge is 2.15. The summed E-state index contributed by atoms with van der Waals surface area (Å²) in [4.78, 5) is 9.80. The lowest BCUT2D eigenvalue weighted by Gasteiger charge is -2.13. The molecule has 1 atom stereocenters. The summed E-state index contributed by atoms with van der Waals surface area (Å²) >= 11 is 0. The fourth-order valence-electron chi connectivity index (χ4n) is 2.59. The van der Waals surface area contributed by atoms with Gasteiger partial charge in [-0.05, 0) is 42.8 Å². The Kier molecular flexibility index (Phi) is 4.80. The molecule has 0 fully saturated rings. The van der Waals surface area contributed by atoms with Crippen molar-refractivity contribution in [2.24, 2.45) is 0 Å². The molecule has 1 unspecified atom stereocenters. The molecule has 0 amide bonds. The van der Waals surface area contributed by atoms with Gasteiger partial charge in [0.05, 0.1) is 15.9 Å². The second-order valence-electron chi connectivity index (χ2n) is 5.92. The number of aromatic nitrogens is 2. The fourth-order valence-corrected chi connectivity index (χ4v) is 3.42. The molecule has 0 aliphatic rings. The van der Waals surface area contributed by atoms with Crippen LogP contribution in [0.5, 0.6) is 11.6 Å². The number of aryl methyl sites for hydroxylation is 1. The summed E-state index contributed by atoms with van der Waals surface area (Å²) in [5, 5.41) is 0. The molecule has 0 saturated heterocycles. The van der Waals surface area contributed by atoms with Gasteiger partial charge >= 0.3 is 0 Å². The van der Waals surface area contributed by atoms with Gasteiger partial charge in [-0.3, -0.25) is 4.72 Å². The van der Waals surface area contributed by atoms with Gasteiger partial charge in [0.25, 0.3) is 5.88 Å². The first kappa shape index (κ1) is 17.2. The van der Waals surface area contributed by atoms with E-state index >= 15 is 0 Å². The van der Waals surface area contributed by atoms with E-state index in [9.17, 15) is 4.21 Å². The number of nitrogens with one attached hydrogen (secondary N) is 1. The lowest BCUT2D eigenvalue weighted by Crippen LogP contribution is -2.08.